The molecule has 0 spiro atoms. The fraction of sp³-hybridized carbons (Fsp3) is 0.500. The van der Waals surface area contributed by atoms with E-state index in [0.29, 0.717) is 23.9 Å². The number of nitrogens with one attached hydrogen (secondary N) is 1. The Morgan fingerprint density at radius 1 is 1.56 bits per heavy atom. The molecule has 0 radical (unpaired) electrons. The number of carbonyl (C=O) groups excluding carboxylic acids is 1. The van der Waals surface area contributed by atoms with Crippen LogP contribution in [0.4, 0.5) is 5.69 Å². The second-order valence-corrected chi connectivity index (χ2v) is 4.85. The third kappa shape index (κ3) is 2.82. The minimum atomic E-state index is 0.0660. The van der Waals surface area contributed by atoms with Crippen molar-refractivity contribution in [3.63, 3.8) is 0 Å². The maximum Gasteiger partial charge on any atom is 0.227 e. The molecule has 3 N–H and O–H groups in total. The van der Waals surface area contributed by atoms with Crippen LogP contribution in [0.5, 0.6) is 5.75 Å². The van der Waals surface area contributed by atoms with Crippen molar-refractivity contribution in [2.45, 2.75) is 26.3 Å². The van der Waals surface area contributed by atoms with E-state index < -0.39 is 0 Å². The fourth-order valence-corrected chi connectivity index (χ4v) is 2.02. The number of hydrogen-bond acceptors (Lipinski definition) is 3. The lowest BCUT2D eigenvalue weighted by Crippen LogP contribution is -2.22. The zero-order chi connectivity index (χ0) is 13.1. The number of methoxy groups -OCH3 is 1. The Morgan fingerprint density at radius 2 is 2.28 bits per heavy atom. The van der Waals surface area contributed by atoms with E-state index in [2.05, 4.69) is 5.32 Å². The average Bonchev–Trinajstić information content (AvgIpc) is 3.22. The Balaban J connectivity index is 2.10. The average molecular weight is 248 g/mol. The molecule has 1 atom stereocenters. The number of rotatable bonds is 5. The summed E-state index contributed by atoms with van der Waals surface area (Å²) in [5, 5.41) is 2.93. The van der Waals surface area contributed by atoms with Crippen LogP contribution < -0.4 is 15.8 Å². The van der Waals surface area contributed by atoms with Gasteiger partial charge in [-0.25, -0.2) is 0 Å². The first kappa shape index (κ1) is 12.9. The minimum absolute atomic E-state index is 0.0660. The van der Waals surface area contributed by atoms with Gasteiger partial charge in [0.25, 0.3) is 0 Å². The smallest absolute Gasteiger partial charge is 0.227 e. The quantitative estimate of drug-likeness (QED) is 0.839. The molecule has 1 unspecified atom stereocenters. The zero-order valence-corrected chi connectivity index (χ0v) is 10.9. The van der Waals surface area contributed by atoms with Gasteiger partial charge in [-0.1, -0.05) is 13.0 Å². The number of amides is 1. The molecule has 2 rings (SSSR count). The number of hydrogen-bond donors (Lipinski definition) is 2. The molecule has 0 heterocycles. The standard InChI is InChI=1S/C14H20N2O2/c1-9(11-4-5-11)14(17)16-12-6-3-10(8-15)7-13(12)18-2/h3,6-7,9,11H,4-5,8,15H2,1-2H3,(H,16,17). The Bertz CT molecular complexity index is 441. The van der Waals surface area contributed by atoms with Crippen LogP contribution in [0.3, 0.4) is 0 Å². The van der Waals surface area contributed by atoms with Crippen molar-refractivity contribution in [1.82, 2.24) is 0 Å². The highest BCUT2D eigenvalue weighted by molar-refractivity contribution is 5.94. The molecular weight excluding hydrogens is 228 g/mol. The highest BCUT2D eigenvalue weighted by Gasteiger charge is 2.32. The first-order valence-electron chi connectivity index (χ1n) is 6.33. The van der Waals surface area contributed by atoms with Crippen molar-refractivity contribution in [3.05, 3.63) is 23.8 Å². The van der Waals surface area contributed by atoms with Crippen molar-refractivity contribution >= 4 is 11.6 Å². The van der Waals surface area contributed by atoms with Crippen LogP contribution >= 0.6 is 0 Å². The second kappa shape index (κ2) is 5.40. The van der Waals surface area contributed by atoms with Crippen molar-refractivity contribution in [2.24, 2.45) is 17.6 Å². The molecule has 1 aromatic carbocycles. The van der Waals surface area contributed by atoms with Gasteiger partial charge < -0.3 is 15.8 Å². The summed E-state index contributed by atoms with van der Waals surface area (Å²) in [6, 6.07) is 5.61. The minimum Gasteiger partial charge on any atom is -0.495 e. The van der Waals surface area contributed by atoms with Gasteiger partial charge in [0.05, 0.1) is 12.8 Å². The molecule has 1 aliphatic rings. The summed E-state index contributed by atoms with van der Waals surface area (Å²) in [6.45, 7) is 2.44. The summed E-state index contributed by atoms with van der Waals surface area (Å²) >= 11 is 0. The largest absolute Gasteiger partial charge is 0.495 e. The van der Waals surface area contributed by atoms with E-state index in [-0.39, 0.29) is 11.8 Å². The van der Waals surface area contributed by atoms with Crippen LogP contribution in [-0.4, -0.2) is 13.0 Å². The third-order valence-electron chi connectivity index (χ3n) is 3.50. The summed E-state index contributed by atoms with van der Waals surface area (Å²) in [6.07, 6.45) is 2.33. The number of benzene rings is 1. The maximum atomic E-state index is 12.0. The SMILES string of the molecule is COc1cc(CN)ccc1NC(=O)C(C)C1CC1. The Kier molecular flexibility index (Phi) is 3.87. The molecule has 18 heavy (non-hydrogen) atoms. The first-order valence-corrected chi connectivity index (χ1v) is 6.33. The van der Waals surface area contributed by atoms with E-state index >= 15 is 0 Å². The van der Waals surface area contributed by atoms with Crippen molar-refractivity contribution in [2.75, 3.05) is 12.4 Å². The number of nitrogens with two attached hydrogens (primary N) is 1. The summed E-state index contributed by atoms with van der Waals surface area (Å²) in [4.78, 5) is 12.0. The molecule has 1 fully saturated rings. The molecule has 1 aliphatic carbocycles. The highest BCUT2D eigenvalue weighted by Crippen LogP contribution is 2.37. The van der Waals surface area contributed by atoms with Crippen molar-refractivity contribution < 1.29 is 9.53 Å². The molecule has 0 aromatic heterocycles. The van der Waals surface area contributed by atoms with Crippen LogP contribution in [0.1, 0.15) is 25.3 Å². The first-order chi connectivity index (χ1) is 8.65. The van der Waals surface area contributed by atoms with E-state index in [0.717, 1.165) is 18.4 Å². The summed E-state index contributed by atoms with van der Waals surface area (Å²) < 4.78 is 5.27. The Labute approximate surface area is 108 Å². The molecule has 0 aliphatic heterocycles. The molecule has 98 valence electrons. The van der Waals surface area contributed by atoms with Crippen LogP contribution in [0.15, 0.2) is 18.2 Å². The van der Waals surface area contributed by atoms with Crippen molar-refractivity contribution in [3.8, 4) is 5.75 Å². The lowest BCUT2D eigenvalue weighted by atomic mass is 10.1. The lowest BCUT2D eigenvalue weighted by molar-refractivity contribution is -0.119. The van der Waals surface area contributed by atoms with Crippen LogP contribution in [0.25, 0.3) is 0 Å². The predicted octanol–water partition coefficient (Wildman–Crippen LogP) is 2.14. The monoisotopic (exact) mass is 248 g/mol. The predicted molar refractivity (Wildman–Crippen MR) is 71.4 cm³/mol. The molecule has 1 aromatic rings. The van der Waals surface area contributed by atoms with Gasteiger partial charge in [-0.05, 0) is 36.5 Å². The summed E-state index contributed by atoms with van der Waals surface area (Å²) in [7, 11) is 1.59. The van der Waals surface area contributed by atoms with Crippen LogP contribution in [-0.2, 0) is 11.3 Å². The Morgan fingerprint density at radius 3 is 2.83 bits per heavy atom. The molecule has 1 amide bonds. The van der Waals surface area contributed by atoms with Crippen LogP contribution in [0.2, 0.25) is 0 Å². The topological polar surface area (TPSA) is 64.3 Å². The number of ether oxygens (including phenoxy) is 1. The highest BCUT2D eigenvalue weighted by atomic mass is 16.5. The van der Waals surface area contributed by atoms with Gasteiger partial charge >= 0.3 is 0 Å². The third-order valence-corrected chi connectivity index (χ3v) is 3.50. The summed E-state index contributed by atoms with van der Waals surface area (Å²) in [5.41, 5.74) is 7.28. The van der Waals surface area contributed by atoms with E-state index in [1.165, 1.54) is 0 Å². The molecule has 4 heteroatoms. The molecule has 1 saturated carbocycles. The fourth-order valence-electron chi connectivity index (χ4n) is 2.02. The zero-order valence-electron chi connectivity index (χ0n) is 10.9. The van der Waals surface area contributed by atoms with Crippen LogP contribution in [0, 0.1) is 11.8 Å². The summed E-state index contributed by atoms with van der Waals surface area (Å²) in [5.74, 6) is 1.36. The van der Waals surface area contributed by atoms with Gasteiger partial charge in [0.1, 0.15) is 5.75 Å². The molecule has 4 nitrogen and oxygen atoms in total. The van der Waals surface area contributed by atoms with Gasteiger partial charge in [0, 0.05) is 12.5 Å². The maximum absolute atomic E-state index is 12.0. The van der Waals surface area contributed by atoms with Gasteiger partial charge in [-0.3, -0.25) is 4.79 Å². The van der Waals surface area contributed by atoms with E-state index in [1.54, 1.807) is 7.11 Å². The molecule has 0 bridgehead atoms. The number of carbonyl (C=O) groups is 1. The molecular formula is C14H20N2O2. The lowest BCUT2D eigenvalue weighted by Gasteiger charge is -2.14. The normalized spacial score (nSPS) is 16.2. The van der Waals surface area contributed by atoms with E-state index in [9.17, 15) is 4.79 Å². The molecule has 0 saturated heterocycles. The Hall–Kier alpha value is -1.55. The van der Waals surface area contributed by atoms with Crippen molar-refractivity contribution in [1.29, 1.82) is 0 Å². The van der Waals surface area contributed by atoms with E-state index in [1.807, 2.05) is 25.1 Å². The van der Waals surface area contributed by atoms with E-state index in [4.69, 9.17) is 10.5 Å². The van der Waals surface area contributed by atoms with Gasteiger partial charge in [-0.2, -0.15) is 0 Å². The number of anilines is 1. The van der Waals surface area contributed by atoms with Gasteiger partial charge in [-0.15, -0.1) is 0 Å². The van der Waals surface area contributed by atoms with Gasteiger partial charge in [0.15, 0.2) is 0 Å². The van der Waals surface area contributed by atoms with Gasteiger partial charge in [0.2, 0.25) is 5.91 Å². The second-order valence-electron chi connectivity index (χ2n) is 4.85.